The molecule has 0 aliphatic rings. The third kappa shape index (κ3) is 1.74. The molecular weight excluding hydrogens is 181 g/mol. The monoisotopic (exact) mass is 187 g/mol. The summed E-state index contributed by atoms with van der Waals surface area (Å²) in [4.78, 5) is 10.7. The van der Waals surface area contributed by atoms with Crippen molar-refractivity contribution in [1.82, 2.24) is 0 Å². The highest BCUT2D eigenvalue weighted by molar-refractivity contribution is 6.36. The van der Waals surface area contributed by atoms with Crippen molar-refractivity contribution in [2.45, 2.75) is 6.92 Å². The number of rotatable bonds is 1. The Balaban J connectivity index is 3.02. The number of benzene rings is 1. The normalized spacial score (nSPS) is 9.58. The summed E-state index contributed by atoms with van der Waals surface area (Å²) in [6.07, 6.45) is 0. The molecule has 64 valence electrons. The Hall–Kier alpha value is -1.09. The van der Waals surface area contributed by atoms with E-state index in [1.54, 1.807) is 6.07 Å². The standard InChI is InChI=1S/C8H7ClFNO/c1-6(12)11(9)8-5-3-2-4-7(8)10/h2-5H,1H3. The van der Waals surface area contributed by atoms with E-state index in [0.717, 1.165) is 4.42 Å². The number of hydrogen-bond acceptors (Lipinski definition) is 1. The van der Waals surface area contributed by atoms with Crippen LogP contribution in [0.15, 0.2) is 24.3 Å². The molecular formula is C8H7ClFNO. The van der Waals surface area contributed by atoms with Crippen LogP contribution in [0.25, 0.3) is 0 Å². The van der Waals surface area contributed by atoms with Gasteiger partial charge < -0.3 is 0 Å². The fourth-order valence-electron chi connectivity index (χ4n) is 0.781. The van der Waals surface area contributed by atoms with E-state index < -0.39 is 11.7 Å². The summed E-state index contributed by atoms with van der Waals surface area (Å²) in [7, 11) is 0. The molecule has 0 atom stereocenters. The van der Waals surface area contributed by atoms with Crippen molar-refractivity contribution in [2.75, 3.05) is 4.42 Å². The van der Waals surface area contributed by atoms with Gasteiger partial charge in [0.1, 0.15) is 5.82 Å². The first-order chi connectivity index (χ1) is 5.63. The maximum absolute atomic E-state index is 12.9. The number of anilines is 1. The molecule has 0 spiro atoms. The number of nitrogens with zero attached hydrogens (tertiary/aromatic N) is 1. The Bertz CT molecular complexity index is 303. The highest BCUT2D eigenvalue weighted by Gasteiger charge is 2.11. The molecule has 0 heterocycles. The molecule has 0 N–H and O–H groups in total. The minimum atomic E-state index is -0.511. The van der Waals surface area contributed by atoms with Crippen LogP contribution in [-0.2, 0) is 4.79 Å². The lowest BCUT2D eigenvalue weighted by molar-refractivity contribution is -0.115. The summed E-state index contributed by atoms with van der Waals surface area (Å²) in [6.45, 7) is 1.26. The molecule has 0 radical (unpaired) electrons. The van der Waals surface area contributed by atoms with Gasteiger partial charge in [-0.1, -0.05) is 12.1 Å². The lowest BCUT2D eigenvalue weighted by Gasteiger charge is -2.11. The van der Waals surface area contributed by atoms with Crippen LogP contribution in [0.2, 0.25) is 0 Å². The molecule has 2 nitrogen and oxygen atoms in total. The first-order valence-corrected chi connectivity index (χ1v) is 3.67. The van der Waals surface area contributed by atoms with E-state index >= 15 is 0 Å². The Morgan fingerprint density at radius 3 is 2.58 bits per heavy atom. The largest absolute Gasteiger partial charge is 0.274 e. The van der Waals surface area contributed by atoms with E-state index in [-0.39, 0.29) is 5.69 Å². The van der Waals surface area contributed by atoms with Crippen molar-refractivity contribution in [2.24, 2.45) is 0 Å². The summed E-state index contributed by atoms with van der Waals surface area (Å²) in [5.41, 5.74) is 0.0756. The quantitative estimate of drug-likeness (QED) is 0.618. The predicted molar refractivity (Wildman–Crippen MR) is 45.4 cm³/mol. The highest BCUT2D eigenvalue weighted by atomic mass is 35.5. The molecule has 0 aliphatic carbocycles. The third-order valence-corrected chi connectivity index (χ3v) is 1.76. The molecule has 1 amide bonds. The minimum Gasteiger partial charge on any atom is -0.274 e. The topological polar surface area (TPSA) is 20.3 Å². The van der Waals surface area contributed by atoms with E-state index in [2.05, 4.69) is 0 Å². The van der Waals surface area contributed by atoms with Gasteiger partial charge >= 0.3 is 0 Å². The average molecular weight is 188 g/mol. The second kappa shape index (κ2) is 3.54. The zero-order valence-corrected chi connectivity index (χ0v) is 7.18. The number of halogens is 2. The first-order valence-electron chi connectivity index (χ1n) is 3.34. The van der Waals surface area contributed by atoms with Gasteiger partial charge in [-0.3, -0.25) is 4.79 Å². The second-order valence-electron chi connectivity index (χ2n) is 2.25. The smallest absolute Gasteiger partial charge is 0.238 e. The lowest BCUT2D eigenvalue weighted by atomic mass is 10.3. The van der Waals surface area contributed by atoms with Gasteiger partial charge in [-0.2, -0.15) is 0 Å². The number of carbonyl (C=O) groups is 1. The summed E-state index contributed by atoms with van der Waals surface area (Å²) < 4.78 is 13.7. The fourth-order valence-corrected chi connectivity index (χ4v) is 0.918. The van der Waals surface area contributed by atoms with Crippen molar-refractivity contribution >= 4 is 23.4 Å². The molecule has 0 aliphatic heterocycles. The molecule has 0 fully saturated rings. The Kier molecular flexibility index (Phi) is 2.65. The van der Waals surface area contributed by atoms with Gasteiger partial charge in [0.15, 0.2) is 0 Å². The lowest BCUT2D eigenvalue weighted by Crippen LogP contribution is -2.17. The minimum absolute atomic E-state index is 0.0756. The summed E-state index contributed by atoms with van der Waals surface area (Å²) in [5, 5.41) is 0. The first kappa shape index (κ1) is 9.00. The van der Waals surface area contributed by atoms with Crippen LogP contribution in [0.4, 0.5) is 10.1 Å². The van der Waals surface area contributed by atoms with Crippen LogP contribution < -0.4 is 4.42 Å². The fraction of sp³-hybridized carbons (Fsp3) is 0.125. The van der Waals surface area contributed by atoms with Crippen molar-refractivity contribution in [3.05, 3.63) is 30.1 Å². The van der Waals surface area contributed by atoms with Gasteiger partial charge in [0.2, 0.25) is 5.91 Å². The Morgan fingerprint density at radius 2 is 2.08 bits per heavy atom. The Morgan fingerprint density at radius 1 is 1.50 bits per heavy atom. The van der Waals surface area contributed by atoms with Gasteiger partial charge in [-0.25, -0.2) is 8.81 Å². The number of amides is 1. The van der Waals surface area contributed by atoms with Gasteiger partial charge in [0, 0.05) is 18.7 Å². The molecule has 12 heavy (non-hydrogen) atoms. The highest BCUT2D eigenvalue weighted by Crippen LogP contribution is 2.20. The molecule has 1 aromatic carbocycles. The molecule has 1 rings (SSSR count). The molecule has 0 bridgehead atoms. The van der Waals surface area contributed by atoms with Crippen molar-refractivity contribution < 1.29 is 9.18 Å². The second-order valence-corrected chi connectivity index (χ2v) is 2.59. The molecule has 1 aromatic rings. The average Bonchev–Trinajstić information content (AvgIpc) is 2.04. The van der Waals surface area contributed by atoms with Crippen LogP contribution in [0.5, 0.6) is 0 Å². The molecule has 0 aromatic heterocycles. The summed E-state index contributed by atoms with van der Waals surface area (Å²) in [6, 6.07) is 5.82. The van der Waals surface area contributed by atoms with Crippen LogP contribution >= 0.6 is 11.8 Å². The number of hydrogen-bond donors (Lipinski definition) is 0. The maximum atomic E-state index is 12.9. The van der Waals surface area contributed by atoms with Crippen molar-refractivity contribution in [3.8, 4) is 0 Å². The Labute approximate surface area is 74.7 Å². The SMILES string of the molecule is CC(=O)N(Cl)c1ccccc1F. The van der Waals surface area contributed by atoms with Gasteiger partial charge in [0.05, 0.1) is 5.69 Å². The van der Waals surface area contributed by atoms with Crippen molar-refractivity contribution in [3.63, 3.8) is 0 Å². The molecule has 0 saturated heterocycles. The van der Waals surface area contributed by atoms with Gasteiger partial charge in [0.25, 0.3) is 0 Å². The zero-order valence-electron chi connectivity index (χ0n) is 6.42. The third-order valence-electron chi connectivity index (χ3n) is 1.34. The van der Waals surface area contributed by atoms with Crippen LogP contribution in [0.1, 0.15) is 6.92 Å². The van der Waals surface area contributed by atoms with Crippen molar-refractivity contribution in [1.29, 1.82) is 0 Å². The van der Waals surface area contributed by atoms with Gasteiger partial charge in [-0.15, -0.1) is 0 Å². The van der Waals surface area contributed by atoms with E-state index in [4.69, 9.17) is 11.8 Å². The van der Waals surface area contributed by atoms with E-state index in [1.807, 2.05) is 0 Å². The maximum Gasteiger partial charge on any atom is 0.238 e. The number of para-hydroxylation sites is 1. The zero-order chi connectivity index (χ0) is 9.14. The summed E-state index contributed by atoms with van der Waals surface area (Å²) in [5.74, 6) is -0.926. The van der Waals surface area contributed by atoms with Crippen LogP contribution in [-0.4, -0.2) is 5.91 Å². The van der Waals surface area contributed by atoms with E-state index in [9.17, 15) is 9.18 Å². The van der Waals surface area contributed by atoms with Crippen LogP contribution in [0, 0.1) is 5.82 Å². The summed E-state index contributed by atoms with van der Waals surface area (Å²) >= 11 is 5.49. The van der Waals surface area contributed by atoms with E-state index in [0.29, 0.717) is 0 Å². The molecule has 4 heteroatoms. The van der Waals surface area contributed by atoms with Gasteiger partial charge in [-0.05, 0) is 12.1 Å². The predicted octanol–water partition coefficient (Wildman–Crippen LogP) is 2.33. The van der Waals surface area contributed by atoms with E-state index in [1.165, 1.54) is 25.1 Å². The van der Waals surface area contributed by atoms with Crippen LogP contribution in [0.3, 0.4) is 0 Å². The molecule has 0 unspecified atom stereocenters. The number of carbonyl (C=O) groups excluding carboxylic acids is 1. The molecule has 0 saturated carbocycles.